The predicted octanol–water partition coefficient (Wildman–Crippen LogP) is 5.77. The third-order valence-corrected chi connectivity index (χ3v) is 8.27. The van der Waals surface area contributed by atoms with Crippen LogP contribution < -0.4 is 10.2 Å². The van der Waals surface area contributed by atoms with Gasteiger partial charge in [0.05, 0.1) is 17.1 Å². The van der Waals surface area contributed by atoms with Crippen LogP contribution in [0.1, 0.15) is 102 Å². The minimum atomic E-state index is -1.36. The van der Waals surface area contributed by atoms with Gasteiger partial charge in [0.2, 0.25) is 5.89 Å². The molecule has 45 heavy (non-hydrogen) atoms. The Morgan fingerprint density at radius 3 is 2.44 bits per heavy atom. The van der Waals surface area contributed by atoms with Crippen molar-refractivity contribution in [2.24, 2.45) is 11.3 Å². The molecule has 0 spiro atoms. The number of amides is 2. The zero-order valence-corrected chi connectivity index (χ0v) is 26.7. The van der Waals surface area contributed by atoms with Crippen molar-refractivity contribution in [3.05, 3.63) is 42.2 Å². The Balaban J connectivity index is 1.33. The first-order chi connectivity index (χ1) is 21.0. The lowest BCUT2D eigenvalue weighted by Gasteiger charge is -2.33. The number of carboxylic acid groups (broad SMARTS) is 1. The molecule has 0 radical (unpaired) electrons. The number of rotatable bonds is 9. The second-order valence-corrected chi connectivity index (χ2v) is 14.0. The van der Waals surface area contributed by atoms with Crippen molar-refractivity contribution in [2.75, 3.05) is 16.8 Å². The molecule has 13 nitrogen and oxygen atoms in total. The quantitative estimate of drug-likeness (QED) is 0.266. The smallest absolute Gasteiger partial charge is 0.416 e. The first kappa shape index (κ1) is 32.1. The standard InChI is InChI=1S/C32H42N6O7/c1-30(2,3)45-29(42)37(16-19-7-8-19)24-15-20(11-14-33-24)27-35-23(18-44-27)26(39)34-22-17-38(36-25(22)31(4,5)43)21-9-12-32(6,13-10-21)28(40)41/h11,14-15,17-19,21,43H,7-10,12-13,16H2,1-6H3,(H,34,39)(H,40,41). The first-order valence-corrected chi connectivity index (χ1v) is 15.3. The zero-order valence-electron chi connectivity index (χ0n) is 26.7. The average molecular weight is 623 g/mol. The van der Waals surface area contributed by atoms with E-state index in [1.54, 1.807) is 50.0 Å². The molecule has 0 aromatic carbocycles. The molecule has 0 bridgehead atoms. The highest BCUT2D eigenvalue weighted by molar-refractivity contribution is 6.03. The summed E-state index contributed by atoms with van der Waals surface area (Å²) >= 11 is 0. The third-order valence-electron chi connectivity index (χ3n) is 8.27. The van der Waals surface area contributed by atoms with E-state index in [1.165, 1.54) is 11.2 Å². The normalized spacial score (nSPS) is 20.5. The van der Waals surface area contributed by atoms with Gasteiger partial charge in [0.15, 0.2) is 5.69 Å². The minimum Gasteiger partial charge on any atom is -0.481 e. The van der Waals surface area contributed by atoms with E-state index in [0.29, 0.717) is 55.2 Å². The maximum Gasteiger partial charge on any atom is 0.416 e. The van der Waals surface area contributed by atoms with Gasteiger partial charge in [-0.25, -0.2) is 14.8 Å². The Hall–Kier alpha value is -4.26. The molecule has 3 aromatic heterocycles. The van der Waals surface area contributed by atoms with Gasteiger partial charge in [-0.15, -0.1) is 0 Å². The summed E-state index contributed by atoms with van der Waals surface area (Å²) in [6.45, 7) is 10.8. The second kappa shape index (κ2) is 11.9. The summed E-state index contributed by atoms with van der Waals surface area (Å²) in [6, 6.07) is 3.29. The number of aliphatic carboxylic acids is 1. The fraction of sp³-hybridized carbons (Fsp3) is 0.562. The predicted molar refractivity (Wildman–Crippen MR) is 165 cm³/mol. The summed E-state index contributed by atoms with van der Waals surface area (Å²) in [5, 5.41) is 27.8. The number of hydrogen-bond donors (Lipinski definition) is 3. The van der Waals surface area contributed by atoms with Gasteiger partial charge < -0.3 is 24.7 Å². The van der Waals surface area contributed by atoms with Gasteiger partial charge in [0.25, 0.3) is 5.91 Å². The number of carbonyl (C=O) groups is 3. The number of carboxylic acids is 1. The summed E-state index contributed by atoms with van der Waals surface area (Å²) in [4.78, 5) is 48.3. The van der Waals surface area contributed by atoms with Crippen LogP contribution in [0.4, 0.5) is 16.3 Å². The molecule has 2 fully saturated rings. The van der Waals surface area contributed by atoms with Gasteiger partial charge in [0, 0.05) is 24.5 Å². The SMILES string of the molecule is CC(C)(C)OC(=O)N(CC1CC1)c1cc(-c2nc(C(=O)Nc3cn(C4CCC(C)(C(=O)O)CC4)nc3C(C)(C)O)co2)ccn1. The minimum absolute atomic E-state index is 0.00896. The molecule has 13 heteroatoms. The molecule has 2 aliphatic rings. The van der Waals surface area contributed by atoms with Crippen molar-refractivity contribution in [1.29, 1.82) is 0 Å². The fourth-order valence-electron chi connectivity index (χ4n) is 5.37. The Morgan fingerprint density at radius 1 is 1.16 bits per heavy atom. The molecular formula is C32H42N6O7. The number of hydrogen-bond acceptors (Lipinski definition) is 9. The molecule has 2 aliphatic carbocycles. The van der Waals surface area contributed by atoms with Crippen LogP contribution in [-0.4, -0.2) is 60.1 Å². The molecular weight excluding hydrogens is 580 g/mol. The van der Waals surface area contributed by atoms with Crippen molar-refractivity contribution in [3.63, 3.8) is 0 Å². The summed E-state index contributed by atoms with van der Waals surface area (Å²) in [7, 11) is 0. The number of carbonyl (C=O) groups excluding carboxylic acids is 2. The van der Waals surface area contributed by atoms with E-state index in [1.807, 2.05) is 20.8 Å². The van der Waals surface area contributed by atoms with Gasteiger partial charge in [-0.1, -0.05) is 0 Å². The lowest BCUT2D eigenvalue weighted by molar-refractivity contribution is -0.150. The maximum absolute atomic E-state index is 13.3. The summed E-state index contributed by atoms with van der Waals surface area (Å²) in [5.74, 6) is -0.412. The second-order valence-electron chi connectivity index (χ2n) is 14.0. The summed E-state index contributed by atoms with van der Waals surface area (Å²) in [5.41, 5.74) is -1.66. The Labute approximate surface area is 262 Å². The van der Waals surface area contributed by atoms with Crippen LogP contribution in [0.5, 0.6) is 0 Å². The van der Waals surface area contributed by atoms with Gasteiger partial charge in [-0.2, -0.15) is 5.10 Å². The van der Waals surface area contributed by atoms with E-state index in [0.717, 1.165) is 12.8 Å². The number of ether oxygens (including phenoxy) is 1. The molecule has 242 valence electrons. The van der Waals surface area contributed by atoms with Crippen molar-refractivity contribution < 1.29 is 33.8 Å². The number of aliphatic hydroxyl groups is 1. The van der Waals surface area contributed by atoms with Crippen LogP contribution in [0.25, 0.3) is 11.5 Å². The number of oxazole rings is 1. The molecule has 0 atom stereocenters. The molecule has 5 rings (SSSR count). The highest BCUT2D eigenvalue weighted by atomic mass is 16.6. The topological polar surface area (TPSA) is 173 Å². The molecule has 3 aromatic rings. The molecule has 0 aliphatic heterocycles. The number of anilines is 2. The van der Waals surface area contributed by atoms with E-state index in [-0.39, 0.29) is 23.3 Å². The van der Waals surface area contributed by atoms with E-state index < -0.39 is 34.6 Å². The van der Waals surface area contributed by atoms with E-state index in [2.05, 4.69) is 20.4 Å². The zero-order chi connectivity index (χ0) is 32.7. The highest BCUT2D eigenvalue weighted by Crippen LogP contribution is 2.42. The van der Waals surface area contributed by atoms with Gasteiger partial charge >= 0.3 is 12.1 Å². The van der Waals surface area contributed by atoms with Crippen LogP contribution in [-0.2, 0) is 15.1 Å². The maximum atomic E-state index is 13.3. The van der Waals surface area contributed by atoms with Gasteiger partial charge in [-0.3, -0.25) is 19.2 Å². The molecule has 3 N–H and O–H groups in total. The fourth-order valence-corrected chi connectivity index (χ4v) is 5.37. The van der Waals surface area contributed by atoms with Crippen LogP contribution in [0.3, 0.4) is 0 Å². The lowest BCUT2D eigenvalue weighted by atomic mass is 9.74. The van der Waals surface area contributed by atoms with Crippen LogP contribution in [0, 0.1) is 11.3 Å². The largest absolute Gasteiger partial charge is 0.481 e. The molecule has 0 unspecified atom stereocenters. The van der Waals surface area contributed by atoms with Crippen LogP contribution in [0.15, 0.2) is 35.2 Å². The average Bonchev–Trinajstić information content (AvgIpc) is 3.44. The molecule has 0 saturated heterocycles. The molecule has 2 amide bonds. The van der Waals surface area contributed by atoms with E-state index >= 15 is 0 Å². The number of pyridine rings is 1. The Morgan fingerprint density at radius 2 is 1.84 bits per heavy atom. The van der Waals surface area contributed by atoms with Crippen molar-refractivity contribution >= 4 is 29.5 Å². The third kappa shape index (κ3) is 7.52. The summed E-state index contributed by atoms with van der Waals surface area (Å²) < 4.78 is 13.0. The Bertz CT molecular complexity index is 1570. The number of aromatic nitrogens is 4. The highest BCUT2D eigenvalue weighted by Gasteiger charge is 2.39. The lowest BCUT2D eigenvalue weighted by Crippen LogP contribution is -2.38. The van der Waals surface area contributed by atoms with Crippen LogP contribution >= 0.6 is 0 Å². The van der Waals surface area contributed by atoms with Crippen molar-refractivity contribution in [2.45, 2.75) is 97.3 Å². The number of nitrogens with zero attached hydrogens (tertiary/aromatic N) is 5. The monoisotopic (exact) mass is 622 g/mol. The van der Waals surface area contributed by atoms with Gasteiger partial charge in [-0.05, 0) is 98.1 Å². The number of nitrogens with one attached hydrogen (secondary N) is 1. The molecule has 2 saturated carbocycles. The first-order valence-electron chi connectivity index (χ1n) is 15.3. The van der Waals surface area contributed by atoms with Crippen molar-refractivity contribution in [1.82, 2.24) is 19.7 Å². The molecule has 3 heterocycles. The summed E-state index contributed by atoms with van der Waals surface area (Å²) in [6.07, 6.45) is 8.26. The van der Waals surface area contributed by atoms with Crippen molar-refractivity contribution in [3.8, 4) is 11.5 Å². The van der Waals surface area contributed by atoms with Crippen LogP contribution in [0.2, 0.25) is 0 Å². The van der Waals surface area contributed by atoms with Gasteiger partial charge in [0.1, 0.15) is 29.0 Å². The van der Waals surface area contributed by atoms with E-state index in [4.69, 9.17) is 9.15 Å². The van der Waals surface area contributed by atoms with E-state index in [9.17, 15) is 24.6 Å². The Kier molecular flexibility index (Phi) is 8.51.